The van der Waals surface area contributed by atoms with Gasteiger partial charge < -0.3 is 10.4 Å². The monoisotopic (exact) mass is 287 g/mol. The Labute approximate surface area is 120 Å². The quantitative estimate of drug-likeness (QED) is 0.825. The van der Waals surface area contributed by atoms with Crippen molar-refractivity contribution < 1.29 is 9.90 Å². The maximum atomic E-state index is 12.0. The zero-order chi connectivity index (χ0) is 14.5. The van der Waals surface area contributed by atoms with Crippen LogP contribution in [0.4, 0.5) is 5.69 Å². The Bertz CT molecular complexity index is 698. The average Bonchev–Trinajstić information content (AvgIpc) is 2.84. The second-order valence-electron chi connectivity index (χ2n) is 4.13. The third kappa shape index (κ3) is 3.20. The third-order valence-corrected chi connectivity index (χ3v) is 3.47. The van der Waals surface area contributed by atoms with Crippen molar-refractivity contribution in [2.75, 3.05) is 11.9 Å². The lowest BCUT2D eigenvalue weighted by Crippen LogP contribution is -2.11. The van der Waals surface area contributed by atoms with E-state index in [0.29, 0.717) is 16.3 Å². The average molecular weight is 287 g/mol. The van der Waals surface area contributed by atoms with E-state index in [-0.39, 0.29) is 12.5 Å². The van der Waals surface area contributed by atoms with Gasteiger partial charge in [0.15, 0.2) is 0 Å². The highest BCUT2D eigenvalue weighted by atomic mass is 32.1. The molecule has 20 heavy (non-hydrogen) atoms. The molecule has 2 rings (SSSR count). The van der Waals surface area contributed by atoms with Crippen molar-refractivity contribution >= 4 is 23.1 Å². The lowest BCUT2D eigenvalue weighted by molar-refractivity contribution is 0.103. The zero-order valence-corrected chi connectivity index (χ0v) is 11.9. The largest absolute Gasteiger partial charge is 0.384 e. The molecule has 1 amide bonds. The van der Waals surface area contributed by atoms with Crippen LogP contribution in [0.1, 0.15) is 26.5 Å². The van der Waals surface area contributed by atoms with Crippen molar-refractivity contribution in [3.8, 4) is 11.8 Å². The molecule has 0 bridgehead atoms. The number of nitrogens with one attached hydrogen (secondary N) is 1. The summed E-state index contributed by atoms with van der Waals surface area (Å²) in [5.74, 6) is 5.23. The van der Waals surface area contributed by atoms with E-state index in [1.54, 1.807) is 13.0 Å². The number of aliphatic hydroxyl groups is 1. The highest BCUT2D eigenvalue weighted by Crippen LogP contribution is 2.17. The van der Waals surface area contributed by atoms with Crippen LogP contribution in [0.15, 0.2) is 18.2 Å². The molecule has 5 nitrogen and oxygen atoms in total. The van der Waals surface area contributed by atoms with E-state index in [2.05, 4.69) is 26.7 Å². The van der Waals surface area contributed by atoms with E-state index in [1.807, 2.05) is 19.1 Å². The molecule has 0 saturated heterocycles. The first-order valence-corrected chi connectivity index (χ1v) is 6.70. The molecule has 1 aromatic heterocycles. The summed E-state index contributed by atoms with van der Waals surface area (Å²) in [4.78, 5) is 12.5. The molecule has 0 spiro atoms. The van der Waals surface area contributed by atoms with Crippen molar-refractivity contribution in [1.82, 2.24) is 9.59 Å². The Morgan fingerprint density at radius 2 is 2.25 bits per heavy atom. The number of nitrogens with zero attached hydrogens (tertiary/aromatic N) is 2. The third-order valence-electron chi connectivity index (χ3n) is 2.64. The van der Waals surface area contributed by atoms with Crippen LogP contribution in [0, 0.1) is 25.7 Å². The van der Waals surface area contributed by atoms with Gasteiger partial charge in [-0.25, -0.2) is 0 Å². The molecule has 0 fully saturated rings. The van der Waals surface area contributed by atoms with Crippen LogP contribution in [0.3, 0.4) is 0 Å². The minimum Gasteiger partial charge on any atom is -0.384 e. The first-order chi connectivity index (χ1) is 9.61. The summed E-state index contributed by atoms with van der Waals surface area (Å²) < 4.78 is 3.74. The Morgan fingerprint density at radius 3 is 2.85 bits per heavy atom. The fourth-order valence-electron chi connectivity index (χ4n) is 1.64. The number of hydrogen-bond acceptors (Lipinski definition) is 5. The molecule has 0 atom stereocenters. The van der Waals surface area contributed by atoms with Crippen LogP contribution in [-0.4, -0.2) is 27.2 Å². The number of aliphatic hydroxyl groups excluding tert-OH is 1. The number of hydrogen-bond donors (Lipinski definition) is 2. The molecule has 102 valence electrons. The smallest absolute Gasteiger partial charge is 0.269 e. The Hall–Kier alpha value is -2.23. The number of aromatic nitrogens is 2. The van der Waals surface area contributed by atoms with Crippen molar-refractivity contribution in [3.63, 3.8) is 0 Å². The highest BCUT2D eigenvalue weighted by Gasteiger charge is 2.13. The summed E-state index contributed by atoms with van der Waals surface area (Å²) in [5, 5.41) is 15.3. The minimum absolute atomic E-state index is 0.171. The number of anilines is 1. The zero-order valence-electron chi connectivity index (χ0n) is 11.1. The van der Waals surface area contributed by atoms with Crippen LogP contribution in [0.5, 0.6) is 0 Å². The van der Waals surface area contributed by atoms with Gasteiger partial charge >= 0.3 is 0 Å². The number of carbonyl (C=O) groups excluding carboxylic acids is 1. The Balaban J connectivity index is 2.17. The first kappa shape index (κ1) is 14.2. The normalized spacial score (nSPS) is 9.75. The van der Waals surface area contributed by atoms with E-state index in [4.69, 9.17) is 5.11 Å². The van der Waals surface area contributed by atoms with E-state index in [1.165, 1.54) is 0 Å². The van der Waals surface area contributed by atoms with Crippen molar-refractivity contribution in [2.45, 2.75) is 13.8 Å². The highest BCUT2D eigenvalue weighted by molar-refractivity contribution is 7.08. The molecule has 0 saturated carbocycles. The van der Waals surface area contributed by atoms with Crippen molar-refractivity contribution in [1.29, 1.82) is 0 Å². The fourth-order valence-corrected chi connectivity index (χ4v) is 2.20. The molecule has 1 heterocycles. The lowest BCUT2D eigenvalue weighted by Gasteiger charge is -2.06. The van der Waals surface area contributed by atoms with E-state index < -0.39 is 0 Å². The van der Waals surface area contributed by atoms with Gasteiger partial charge in [-0.05, 0) is 49.1 Å². The van der Waals surface area contributed by atoms with Crippen LogP contribution < -0.4 is 5.32 Å². The van der Waals surface area contributed by atoms with Gasteiger partial charge in [0.1, 0.15) is 11.5 Å². The van der Waals surface area contributed by atoms with Crippen LogP contribution in [-0.2, 0) is 0 Å². The minimum atomic E-state index is -0.217. The number of rotatable bonds is 2. The molecule has 2 aromatic rings. The maximum absolute atomic E-state index is 12.0. The number of amides is 1. The molecular formula is C14H13N3O2S. The number of carbonyl (C=O) groups is 1. The van der Waals surface area contributed by atoms with Crippen LogP contribution in [0.25, 0.3) is 0 Å². The van der Waals surface area contributed by atoms with Gasteiger partial charge in [0, 0.05) is 11.3 Å². The van der Waals surface area contributed by atoms with Gasteiger partial charge in [-0.3, -0.25) is 4.79 Å². The molecule has 1 aromatic carbocycles. The molecule has 0 radical (unpaired) electrons. The molecule has 2 N–H and O–H groups in total. The van der Waals surface area contributed by atoms with Gasteiger partial charge in [0.25, 0.3) is 5.91 Å². The van der Waals surface area contributed by atoms with Crippen molar-refractivity contribution in [3.05, 3.63) is 39.9 Å². The molecule has 0 aliphatic rings. The van der Waals surface area contributed by atoms with E-state index >= 15 is 0 Å². The van der Waals surface area contributed by atoms with Crippen LogP contribution in [0.2, 0.25) is 0 Å². The predicted molar refractivity (Wildman–Crippen MR) is 77.7 cm³/mol. The molecule has 0 aliphatic heterocycles. The lowest BCUT2D eigenvalue weighted by atomic mass is 10.1. The van der Waals surface area contributed by atoms with Gasteiger partial charge in [-0.15, -0.1) is 5.10 Å². The topological polar surface area (TPSA) is 75.1 Å². The van der Waals surface area contributed by atoms with Crippen LogP contribution >= 0.6 is 11.5 Å². The Kier molecular flexibility index (Phi) is 4.45. The standard InChI is InChI=1S/C14H13N3O2S/c1-9-8-12(6-5-11(9)4-3-7-18)15-14(19)13-10(2)16-17-20-13/h5-6,8,18H,7H2,1-2H3,(H,15,19). The molecule has 0 aliphatic carbocycles. The summed E-state index contributed by atoms with van der Waals surface area (Å²) in [6.07, 6.45) is 0. The SMILES string of the molecule is Cc1cc(NC(=O)c2snnc2C)ccc1C#CCO. The second kappa shape index (κ2) is 6.28. The molecular weight excluding hydrogens is 274 g/mol. The molecule has 6 heteroatoms. The van der Waals surface area contributed by atoms with Gasteiger partial charge in [-0.1, -0.05) is 16.3 Å². The molecule has 0 unspecified atom stereocenters. The number of benzene rings is 1. The summed E-state index contributed by atoms with van der Waals surface area (Å²) in [5.41, 5.74) is 3.07. The Morgan fingerprint density at radius 1 is 1.45 bits per heavy atom. The number of aryl methyl sites for hydroxylation is 2. The summed E-state index contributed by atoms with van der Waals surface area (Å²) in [6.45, 7) is 3.48. The van der Waals surface area contributed by atoms with Gasteiger partial charge in [0.05, 0.1) is 5.69 Å². The van der Waals surface area contributed by atoms with Crippen molar-refractivity contribution in [2.24, 2.45) is 0 Å². The summed E-state index contributed by atoms with van der Waals surface area (Å²) in [7, 11) is 0. The first-order valence-electron chi connectivity index (χ1n) is 5.92. The maximum Gasteiger partial charge on any atom is 0.269 e. The second-order valence-corrected chi connectivity index (χ2v) is 4.89. The fraction of sp³-hybridized carbons (Fsp3) is 0.214. The summed E-state index contributed by atoms with van der Waals surface area (Å²) in [6, 6.07) is 5.42. The summed E-state index contributed by atoms with van der Waals surface area (Å²) >= 11 is 1.07. The van der Waals surface area contributed by atoms with Gasteiger partial charge in [-0.2, -0.15) is 0 Å². The predicted octanol–water partition coefficient (Wildman–Crippen LogP) is 1.75. The van der Waals surface area contributed by atoms with E-state index in [0.717, 1.165) is 22.7 Å². The van der Waals surface area contributed by atoms with Gasteiger partial charge in [0.2, 0.25) is 0 Å². The van der Waals surface area contributed by atoms with E-state index in [9.17, 15) is 4.79 Å².